The number of nitrogens with one attached hydrogen (secondary N) is 2. The number of carbonyl (C=O) groups is 6. The van der Waals surface area contributed by atoms with E-state index in [2.05, 4.69) is 10.6 Å². The van der Waals surface area contributed by atoms with Crippen LogP contribution in [0.5, 0.6) is 0 Å². The van der Waals surface area contributed by atoms with Crippen LogP contribution in [0.2, 0.25) is 0 Å². The number of unbranched alkanes of at least 4 members (excludes halogenated alkanes) is 7. The van der Waals surface area contributed by atoms with E-state index in [1.165, 1.54) is 6.07 Å². The second-order valence-electron chi connectivity index (χ2n) is 9.62. The third-order valence-electron chi connectivity index (χ3n) is 6.78. The van der Waals surface area contributed by atoms with E-state index in [9.17, 15) is 28.8 Å². The summed E-state index contributed by atoms with van der Waals surface area (Å²) in [5.74, 6) is -2.72. The largest absolute Gasteiger partial charge is 0.481 e. The summed E-state index contributed by atoms with van der Waals surface area (Å²) >= 11 is 0. The zero-order valence-corrected chi connectivity index (χ0v) is 21.1. The van der Waals surface area contributed by atoms with Gasteiger partial charge in [-0.3, -0.25) is 33.7 Å². The van der Waals surface area contributed by atoms with E-state index >= 15 is 0 Å². The first-order valence-corrected chi connectivity index (χ1v) is 13.1. The number of hydrogen-bond donors (Lipinski definition) is 3. The molecular weight excluding hydrogens is 478 g/mol. The summed E-state index contributed by atoms with van der Waals surface area (Å²) in [6, 6.07) is 3.83. The lowest BCUT2D eigenvalue weighted by Gasteiger charge is -2.27. The number of aliphatic carboxylic acids is 1. The molecule has 1 atom stereocenters. The smallest absolute Gasteiger partial charge is 0.303 e. The fourth-order valence-electron chi connectivity index (χ4n) is 4.79. The molecule has 1 unspecified atom stereocenters. The number of hydrogen-bond acceptors (Lipinski definition) is 7. The molecule has 1 aliphatic carbocycles. The van der Waals surface area contributed by atoms with Crippen LogP contribution in [0.1, 0.15) is 97.8 Å². The van der Waals surface area contributed by atoms with Crippen LogP contribution in [0.3, 0.4) is 0 Å². The van der Waals surface area contributed by atoms with Crippen molar-refractivity contribution in [3.63, 3.8) is 0 Å². The van der Waals surface area contributed by atoms with Gasteiger partial charge in [-0.1, -0.05) is 44.6 Å². The maximum atomic E-state index is 13.1. The van der Waals surface area contributed by atoms with Gasteiger partial charge in [0.25, 0.3) is 11.8 Å². The summed E-state index contributed by atoms with van der Waals surface area (Å²) in [5.41, 5.74) is 0.686. The number of Topliss-reactive ketones (excluding diaryl/α,β-unsaturated/α-hetero) is 2. The quantitative estimate of drug-likeness (QED) is 0.184. The maximum Gasteiger partial charge on any atom is 0.303 e. The fourth-order valence-corrected chi connectivity index (χ4v) is 4.79. The average molecular weight is 514 g/mol. The van der Waals surface area contributed by atoms with Crippen molar-refractivity contribution in [1.29, 1.82) is 0 Å². The first-order valence-electron chi connectivity index (χ1n) is 13.1. The highest BCUT2D eigenvalue weighted by molar-refractivity contribution is 6.25. The Morgan fingerprint density at radius 1 is 0.919 bits per heavy atom. The number of nitrogens with zero attached hydrogens (tertiary/aromatic N) is 1. The van der Waals surface area contributed by atoms with Crippen LogP contribution in [-0.4, -0.2) is 64.4 Å². The van der Waals surface area contributed by atoms with Crippen molar-refractivity contribution < 1.29 is 33.9 Å². The van der Waals surface area contributed by atoms with Crippen molar-refractivity contribution in [2.75, 3.05) is 18.4 Å². The van der Waals surface area contributed by atoms with Crippen LogP contribution >= 0.6 is 0 Å². The zero-order chi connectivity index (χ0) is 26.8. The van der Waals surface area contributed by atoms with E-state index < -0.39 is 29.6 Å². The number of imide groups is 1. The Bertz CT molecular complexity index is 1050. The van der Waals surface area contributed by atoms with Crippen molar-refractivity contribution in [2.24, 2.45) is 0 Å². The van der Waals surface area contributed by atoms with Gasteiger partial charge < -0.3 is 15.7 Å². The van der Waals surface area contributed by atoms with Crippen LogP contribution in [0.4, 0.5) is 5.69 Å². The predicted octanol–water partition coefficient (Wildman–Crippen LogP) is 3.10. The van der Waals surface area contributed by atoms with E-state index in [4.69, 9.17) is 5.11 Å². The molecule has 200 valence electrons. The number of rotatable bonds is 15. The summed E-state index contributed by atoms with van der Waals surface area (Å²) in [7, 11) is 0. The van der Waals surface area contributed by atoms with Crippen molar-refractivity contribution in [3.05, 3.63) is 29.3 Å². The molecule has 1 saturated carbocycles. The number of amides is 3. The Morgan fingerprint density at radius 3 is 2.27 bits per heavy atom. The highest BCUT2D eigenvalue weighted by Crippen LogP contribution is 2.33. The van der Waals surface area contributed by atoms with Crippen molar-refractivity contribution in [3.8, 4) is 0 Å². The molecule has 1 aromatic carbocycles. The van der Waals surface area contributed by atoms with Gasteiger partial charge in [0, 0.05) is 25.1 Å². The molecule has 10 nitrogen and oxygen atoms in total. The number of carboxylic acid groups (broad SMARTS) is 1. The molecule has 1 aliphatic heterocycles. The van der Waals surface area contributed by atoms with E-state index in [1.54, 1.807) is 12.1 Å². The maximum absolute atomic E-state index is 13.1. The van der Waals surface area contributed by atoms with E-state index in [0.29, 0.717) is 12.2 Å². The molecule has 3 N–H and O–H groups in total. The van der Waals surface area contributed by atoms with Crippen LogP contribution < -0.4 is 10.6 Å². The Labute approximate surface area is 216 Å². The summed E-state index contributed by atoms with van der Waals surface area (Å²) in [6.45, 7) is 0.477. The summed E-state index contributed by atoms with van der Waals surface area (Å²) in [4.78, 5) is 73.6. The van der Waals surface area contributed by atoms with E-state index in [-0.39, 0.29) is 55.0 Å². The number of ketones is 2. The van der Waals surface area contributed by atoms with Gasteiger partial charge in [-0.05, 0) is 31.4 Å². The Balaban J connectivity index is 1.38. The molecule has 2 aliphatic rings. The monoisotopic (exact) mass is 513 g/mol. The summed E-state index contributed by atoms with van der Waals surface area (Å²) in [5, 5.41) is 14.4. The molecule has 0 bridgehead atoms. The fraction of sp³-hybridized carbons (Fsp3) is 0.556. The normalized spacial score (nSPS) is 17.2. The Morgan fingerprint density at radius 2 is 1.59 bits per heavy atom. The molecule has 0 radical (unpaired) electrons. The van der Waals surface area contributed by atoms with Gasteiger partial charge in [-0.25, -0.2) is 0 Å². The van der Waals surface area contributed by atoms with Crippen molar-refractivity contribution in [2.45, 2.75) is 83.1 Å². The van der Waals surface area contributed by atoms with Gasteiger partial charge in [0.1, 0.15) is 5.78 Å². The Kier molecular flexibility index (Phi) is 10.3. The second-order valence-corrected chi connectivity index (χ2v) is 9.62. The molecule has 0 spiro atoms. The molecule has 0 aromatic heterocycles. The van der Waals surface area contributed by atoms with Crippen molar-refractivity contribution >= 4 is 40.9 Å². The van der Waals surface area contributed by atoms with Gasteiger partial charge >= 0.3 is 5.97 Å². The minimum absolute atomic E-state index is 0.0644. The van der Waals surface area contributed by atoms with Gasteiger partial charge in [0.2, 0.25) is 5.91 Å². The number of fused-ring (bicyclic) bond motifs is 1. The third-order valence-corrected chi connectivity index (χ3v) is 6.78. The number of anilines is 1. The SMILES string of the molecule is O=C(O)CCCCCCCCCCNC(=O)CNc1cccc2c1C(=O)N(C1CCC(=O)CC1=O)C2=O. The summed E-state index contributed by atoms with van der Waals surface area (Å²) < 4.78 is 0. The van der Waals surface area contributed by atoms with Gasteiger partial charge in [0.15, 0.2) is 5.78 Å². The van der Waals surface area contributed by atoms with Crippen LogP contribution in [0, 0.1) is 0 Å². The van der Waals surface area contributed by atoms with Crippen molar-refractivity contribution in [1.82, 2.24) is 10.2 Å². The minimum Gasteiger partial charge on any atom is -0.481 e. The van der Waals surface area contributed by atoms with Crippen LogP contribution in [-0.2, 0) is 19.2 Å². The highest BCUT2D eigenvalue weighted by atomic mass is 16.4. The molecule has 1 fully saturated rings. The minimum atomic E-state index is -0.932. The zero-order valence-electron chi connectivity index (χ0n) is 21.1. The molecule has 10 heteroatoms. The lowest BCUT2D eigenvalue weighted by Crippen LogP contribution is -2.47. The topological polar surface area (TPSA) is 150 Å². The van der Waals surface area contributed by atoms with Crippen LogP contribution in [0.15, 0.2) is 18.2 Å². The van der Waals surface area contributed by atoms with E-state index in [0.717, 1.165) is 56.3 Å². The second kappa shape index (κ2) is 13.7. The predicted molar refractivity (Wildman–Crippen MR) is 135 cm³/mol. The molecule has 3 rings (SSSR count). The van der Waals surface area contributed by atoms with Crippen LogP contribution in [0.25, 0.3) is 0 Å². The lowest BCUT2D eigenvalue weighted by molar-refractivity contribution is -0.137. The van der Waals surface area contributed by atoms with E-state index in [1.807, 2.05) is 0 Å². The molecule has 37 heavy (non-hydrogen) atoms. The Hall–Kier alpha value is -3.56. The first-order chi connectivity index (χ1) is 17.8. The standard InChI is InChI=1S/C27H35N3O7/c31-18-13-14-21(22(32)16-18)30-26(36)19-10-9-11-20(25(19)27(30)37)29-17-23(33)28-15-8-6-4-2-1-3-5-7-12-24(34)35/h9-11,21,29H,1-8,12-17H2,(H,28,33)(H,34,35). The molecule has 1 aromatic rings. The number of carbonyl (C=O) groups excluding carboxylic acids is 5. The van der Waals surface area contributed by atoms with Gasteiger partial charge in [-0.15, -0.1) is 0 Å². The van der Waals surface area contributed by atoms with Gasteiger partial charge in [-0.2, -0.15) is 0 Å². The highest BCUT2D eigenvalue weighted by Gasteiger charge is 2.45. The molecular formula is C27H35N3O7. The first kappa shape index (κ1) is 28.0. The summed E-state index contributed by atoms with van der Waals surface area (Å²) in [6.07, 6.45) is 8.07. The molecule has 0 saturated heterocycles. The molecule has 3 amide bonds. The third kappa shape index (κ3) is 7.71. The van der Waals surface area contributed by atoms with Gasteiger partial charge in [0.05, 0.1) is 30.1 Å². The molecule has 1 heterocycles. The lowest BCUT2D eigenvalue weighted by atomic mass is 9.92. The average Bonchev–Trinajstić information content (AvgIpc) is 3.11. The number of carboxylic acids is 1. The number of benzene rings is 1.